The second-order valence-electron chi connectivity index (χ2n) is 5.04. The fraction of sp³-hybridized carbons (Fsp3) is 0.714. The van der Waals surface area contributed by atoms with E-state index in [0.29, 0.717) is 5.57 Å². The van der Waals surface area contributed by atoms with Gasteiger partial charge in [-0.15, -0.1) is 0 Å². The van der Waals surface area contributed by atoms with E-state index in [1.165, 1.54) is 26.4 Å². The van der Waals surface area contributed by atoms with Gasteiger partial charge in [0.25, 0.3) is 0 Å². The Morgan fingerprint density at radius 2 is 1.78 bits per heavy atom. The zero-order valence-electron chi connectivity index (χ0n) is 11.5. The summed E-state index contributed by atoms with van der Waals surface area (Å²) < 4.78 is 4.62. The van der Waals surface area contributed by atoms with Crippen LogP contribution in [0.3, 0.4) is 0 Å². The highest BCUT2D eigenvalue weighted by atomic mass is 16.5. The quantitative estimate of drug-likeness (QED) is 0.618. The average molecular weight is 253 g/mol. The molecule has 0 aromatic rings. The summed E-state index contributed by atoms with van der Waals surface area (Å²) >= 11 is 0. The number of hydrogen-bond acceptors (Lipinski definition) is 3. The smallest absolute Gasteiger partial charge is 0.310 e. The number of amides is 1. The minimum atomic E-state index is -0.370. The van der Waals surface area contributed by atoms with Gasteiger partial charge in [0.2, 0.25) is 5.91 Å². The van der Waals surface area contributed by atoms with Gasteiger partial charge in [0.05, 0.1) is 13.5 Å². The molecule has 1 aliphatic carbocycles. The first kappa shape index (κ1) is 14.7. The third kappa shape index (κ3) is 4.51. The van der Waals surface area contributed by atoms with Crippen molar-refractivity contribution >= 4 is 11.9 Å². The molecule has 0 aromatic heterocycles. The van der Waals surface area contributed by atoms with Crippen molar-refractivity contribution in [2.45, 2.75) is 58.4 Å². The van der Waals surface area contributed by atoms with Gasteiger partial charge in [0.1, 0.15) is 0 Å². The summed E-state index contributed by atoms with van der Waals surface area (Å²) in [4.78, 5) is 23.4. The molecule has 102 valence electrons. The molecule has 0 radical (unpaired) electrons. The van der Waals surface area contributed by atoms with Crippen molar-refractivity contribution < 1.29 is 14.3 Å². The molecule has 4 heteroatoms. The Labute approximate surface area is 109 Å². The van der Waals surface area contributed by atoms with E-state index < -0.39 is 0 Å². The number of hydrogen-bond donors (Lipinski definition) is 1. The van der Waals surface area contributed by atoms with E-state index in [9.17, 15) is 9.59 Å². The molecule has 18 heavy (non-hydrogen) atoms. The molecule has 4 nitrogen and oxygen atoms in total. The maximum absolute atomic E-state index is 12.1. The predicted octanol–water partition coefficient (Wildman–Crippen LogP) is 2.33. The molecule has 0 aromatic carbocycles. The normalized spacial score (nSPS) is 15.9. The molecule has 1 amide bonds. The number of methoxy groups -OCH3 is 1. The lowest BCUT2D eigenvalue weighted by molar-refractivity contribution is -0.140. The van der Waals surface area contributed by atoms with Crippen LogP contribution in [0.4, 0.5) is 0 Å². The van der Waals surface area contributed by atoms with Gasteiger partial charge in [-0.2, -0.15) is 0 Å². The number of esters is 1. The maximum atomic E-state index is 12.1. The van der Waals surface area contributed by atoms with Crippen LogP contribution in [-0.2, 0) is 14.3 Å². The lowest BCUT2D eigenvalue weighted by atomic mass is 9.95. The van der Waals surface area contributed by atoms with Gasteiger partial charge >= 0.3 is 5.97 Å². The van der Waals surface area contributed by atoms with Gasteiger partial charge in [-0.1, -0.05) is 24.8 Å². The number of allylic oxidation sites excluding steroid dienone is 1. The van der Waals surface area contributed by atoms with Crippen LogP contribution in [0.1, 0.15) is 52.4 Å². The molecule has 0 bridgehead atoms. The molecule has 0 spiro atoms. The van der Waals surface area contributed by atoms with Crippen LogP contribution in [0.2, 0.25) is 0 Å². The summed E-state index contributed by atoms with van der Waals surface area (Å²) in [5, 5.41) is 3.03. The number of carbonyl (C=O) groups excluding carboxylic acids is 2. The molecular weight excluding hydrogens is 230 g/mol. The Morgan fingerprint density at radius 1 is 1.17 bits per heavy atom. The Hall–Kier alpha value is -1.32. The van der Waals surface area contributed by atoms with Crippen LogP contribution in [-0.4, -0.2) is 25.0 Å². The number of carbonyl (C=O) groups is 2. The molecule has 0 heterocycles. The van der Waals surface area contributed by atoms with E-state index >= 15 is 0 Å². The summed E-state index contributed by atoms with van der Waals surface area (Å²) in [6.07, 6.45) is 5.74. The van der Waals surface area contributed by atoms with Crippen molar-refractivity contribution in [2.75, 3.05) is 7.11 Å². The number of nitrogens with one attached hydrogen (secondary N) is 1. The number of rotatable bonds is 4. The first-order valence-electron chi connectivity index (χ1n) is 6.58. The Morgan fingerprint density at radius 3 is 2.28 bits per heavy atom. The van der Waals surface area contributed by atoms with Crippen LogP contribution in [0.15, 0.2) is 11.1 Å². The molecule has 1 fully saturated rings. The van der Waals surface area contributed by atoms with Crippen molar-refractivity contribution in [3.05, 3.63) is 11.1 Å². The maximum Gasteiger partial charge on any atom is 0.310 e. The second-order valence-corrected chi connectivity index (χ2v) is 5.04. The standard InChI is InChI=1S/C14H23NO3/c1-10(2)12(9-13(16)18-3)14(17)15-11-7-5-4-6-8-11/h11H,4-9H2,1-3H3,(H,15,17). The van der Waals surface area contributed by atoms with Crippen LogP contribution < -0.4 is 5.32 Å². The highest BCUT2D eigenvalue weighted by molar-refractivity contribution is 5.98. The van der Waals surface area contributed by atoms with Crippen molar-refractivity contribution in [2.24, 2.45) is 0 Å². The highest BCUT2D eigenvalue weighted by Crippen LogP contribution is 2.18. The van der Waals surface area contributed by atoms with E-state index in [4.69, 9.17) is 0 Å². The molecule has 0 unspecified atom stereocenters. The van der Waals surface area contributed by atoms with Gasteiger partial charge in [-0.3, -0.25) is 9.59 Å². The third-order valence-corrected chi connectivity index (χ3v) is 3.37. The zero-order valence-corrected chi connectivity index (χ0v) is 11.5. The van der Waals surface area contributed by atoms with Crippen molar-refractivity contribution in [1.82, 2.24) is 5.32 Å². The molecule has 0 atom stereocenters. The molecule has 1 rings (SSSR count). The summed E-state index contributed by atoms with van der Waals surface area (Å²) in [5.41, 5.74) is 1.40. The van der Waals surface area contributed by atoms with Gasteiger partial charge in [0, 0.05) is 11.6 Å². The van der Waals surface area contributed by atoms with E-state index in [-0.39, 0.29) is 24.3 Å². The number of ether oxygens (including phenoxy) is 1. The van der Waals surface area contributed by atoms with Gasteiger partial charge < -0.3 is 10.1 Å². The predicted molar refractivity (Wildman–Crippen MR) is 70.0 cm³/mol. The molecule has 1 aliphatic rings. The lowest BCUT2D eigenvalue weighted by Gasteiger charge is -2.23. The molecule has 0 saturated heterocycles. The molecule has 1 saturated carbocycles. The Kier molecular flexibility index (Phi) is 5.89. The summed E-state index contributed by atoms with van der Waals surface area (Å²) in [5.74, 6) is -0.489. The largest absolute Gasteiger partial charge is 0.469 e. The van der Waals surface area contributed by atoms with E-state index in [1.807, 2.05) is 13.8 Å². The minimum absolute atomic E-state index is 0.0530. The highest BCUT2D eigenvalue weighted by Gasteiger charge is 2.20. The third-order valence-electron chi connectivity index (χ3n) is 3.37. The van der Waals surface area contributed by atoms with E-state index in [1.54, 1.807) is 0 Å². The monoisotopic (exact) mass is 253 g/mol. The van der Waals surface area contributed by atoms with Gasteiger partial charge in [0.15, 0.2) is 0 Å². The molecule has 1 N–H and O–H groups in total. The van der Waals surface area contributed by atoms with Crippen LogP contribution in [0.5, 0.6) is 0 Å². The topological polar surface area (TPSA) is 55.4 Å². The minimum Gasteiger partial charge on any atom is -0.469 e. The van der Waals surface area contributed by atoms with Gasteiger partial charge in [-0.25, -0.2) is 0 Å². The van der Waals surface area contributed by atoms with Crippen molar-refractivity contribution in [3.63, 3.8) is 0 Å². The SMILES string of the molecule is COC(=O)CC(C(=O)NC1CCCCC1)=C(C)C. The average Bonchev–Trinajstić information content (AvgIpc) is 2.36. The fourth-order valence-electron chi connectivity index (χ4n) is 2.22. The first-order chi connectivity index (χ1) is 8.54. The van der Waals surface area contributed by atoms with E-state index in [0.717, 1.165) is 18.4 Å². The Balaban J connectivity index is 2.60. The molecular formula is C14H23NO3. The van der Waals surface area contributed by atoms with Gasteiger partial charge in [-0.05, 0) is 26.7 Å². The first-order valence-corrected chi connectivity index (χ1v) is 6.58. The van der Waals surface area contributed by atoms with Crippen molar-refractivity contribution in [3.8, 4) is 0 Å². The zero-order chi connectivity index (χ0) is 13.5. The molecule has 0 aliphatic heterocycles. The van der Waals surface area contributed by atoms with Crippen LogP contribution in [0, 0.1) is 0 Å². The fourth-order valence-corrected chi connectivity index (χ4v) is 2.22. The van der Waals surface area contributed by atoms with Crippen LogP contribution in [0.25, 0.3) is 0 Å². The van der Waals surface area contributed by atoms with Crippen LogP contribution >= 0.6 is 0 Å². The second kappa shape index (κ2) is 7.19. The summed E-state index contributed by atoms with van der Waals surface area (Å²) in [7, 11) is 1.34. The van der Waals surface area contributed by atoms with Crippen molar-refractivity contribution in [1.29, 1.82) is 0 Å². The Bertz CT molecular complexity index is 337. The summed E-state index contributed by atoms with van der Waals surface area (Å²) in [6.45, 7) is 3.69. The lowest BCUT2D eigenvalue weighted by Crippen LogP contribution is -2.37. The summed E-state index contributed by atoms with van der Waals surface area (Å²) in [6, 6.07) is 0.262. The van der Waals surface area contributed by atoms with E-state index in [2.05, 4.69) is 10.1 Å².